The maximum absolute atomic E-state index is 12.1. The van der Waals surface area contributed by atoms with Crippen LogP contribution in [0.2, 0.25) is 0 Å². The van der Waals surface area contributed by atoms with Crippen molar-refractivity contribution in [3.8, 4) is 22.3 Å². The van der Waals surface area contributed by atoms with Crippen LogP contribution in [0.15, 0.2) is 54.7 Å². The SMILES string of the molecule is Nc1ncc(-c2ccc(N3C[C@H]4CCC[C@H]4C3)cc2)cc1-c1ccc2c(c1)CCNC2=O. The first-order valence-electron chi connectivity index (χ1n) is 11.7. The third kappa shape index (κ3) is 3.32. The van der Waals surface area contributed by atoms with Gasteiger partial charge in [-0.3, -0.25) is 4.79 Å². The van der Waals surface area contributed by atoms with Crippen LogP contribution in [-0.2, 0) is 6.42 Å². The number of amides is 1. The maximum Gasteiger partial charge on any atom is 0.251 e. The first-order chi connectivity index (χ1) is 15.7. The van der Waals surface area contributed by atoms with Crippen LogP contribution in [0.5, 0.6) is 0 Å². The number of rotatable bonds is 3. The number of pyridine rings is 1. The van der Waals surface area contributed by atoms with Crippen molar-refractivity contribution in [3.63, 3.8) is 0 Å². The zero-order valence-electron chi connectivity index (χ0n) is 18.2. The largest absolute Gasteiger partial charge is 0.383 e. The van der Waals surface area contributed by atoms with E-state index in [4.69, 9.17) is 5.73 Å². The number of nitrogens with zero attached hydrogens (tertiary/aromatic N) is 2. The van der Waals surface area contributed by atoms with Crippen molar-refractivity contribution >= 4 is 17.4 Å². The molecule has 2 aliphatic heterocycles. The fraction of sp³-hybridized carbons (Fsp3) is 0.333. The lowest BCUT2D eigenvalue weighted by Crippen LogP contribution is -2.31. The molecule has 3 aliphatic rings. The molecule has 6 rings (SSSR count). The highest BCUT2D eigenvalue weighted by atomic mass is 16.1. The van der Waals surface area contributed by atoms with Gasteiger partial charge < -0.3 is 16.0 Å². The third-order valence-corrected chi connectivity index (χ3v) is 7.55. The predicted octanol–water partition coefficient (Wildman–Crippen LogP) is 4.52. The summed E-state index contributed by atoms with van der Waals surface area (Å²) in [6, 6.07) is 16.9. The smallest absolute Gasteiger partial charge is 0.251 e. The van der Waals surface area contributed by atoms with Gasteiger partial charge in [0.2, 0.25) is 0 Å². The Balaban J connectivity index is 1.28. The number of hydrogen-bond donors (Lipinski definition) is 2. The fourth-order valence-electron chi connectivity index (χ4n) is 5.77. The molecule has 162 valence electrons. The normalized spacial score (nSPS) is 21.9. The Hall–Kier alpha value is -3.34. The first-order valence-corrected chi connectivity index (χ1v) is 11.7. The molecule has 0 spiro atoms. The summed E-state index contributed by atoms with van der Waals surface area (Å²) in [4.78, 5) is 19.1. The van der Waals surface area contributed by atoms with Gasteiger partial charge in [-0.15, -0.1) is 0 Å². The van der Waals surface area contributed by atoms with Crippen molar-refractivity contribution in [2.24, 2.45) is 11.8 Å². The summed E-state index contributed by atoms with van der Waals surface area (Å²) in [5.74, 6) is 2.29. The molecule has 0 unspecified atom stereocenters. The van der Waals surface area contributed by atoms with Crippen LogP contribution in [-0.4, -0.2) is 30.5 Å². The number of nitrogen functional groups attached to an aromatic ring is 1. The second-order valence-corrected chi connectivity index (χ2v) is 9.44. The zero-order valence-corrected chi connectivity index (χ0v) is 18.2. The summed E-state index contributed by atoms with van der Waals surface area (Å²) in [6.45, 7) is 3.08. The van der Waals surface area contributed by atoms with E-state index in [1.165, 1.54) is 38.0 Å². The Bertz CT molecular complexity index is 1170. The number of benzene rings is 2. The number of carbonyl (C=O) groups is 1. The minimum absolute atomic E-state index is 0.000584. The molecule has 1 saturated carbocycles. The van der Waals surface area contributed by atoms with Crippen LogP contribution in [0, 0.1) is 11.8 Å². The number of anilines is 2. The molecule has 0 bridgehead atoms. The molecule has 5 nitrogen and oxygen atoms in total. The van der Waals surface area contributed by atoms with Crippen LogP contribution < -0.4 is 16.0 Å². The van der Waals surface area contributed by atoms with Gasteiger partial charge in [0.1, 0.15) is 5.82 Å². The van der Waals surface area contributed by atoms with Gasteiger partial charge in [-0.25, -0.2) is 4.98 Å². The highest BCUT2D eigenvalue weighted by Gasteiger charge is 2.36. The van der Waals surface area contributed by atoms with Crippen molar-refractivity contribution in [3.05, 3.63) is 65.9 Å². The molecule has 2 aromatic carbocycles. The molecular formula is C27H28N4O. The van der Waals surface area contributed by atoms with Gasteiger partial charge in [-0.2, -0.15) is 0 Å². The van der Waals surface area contributed by atoms with Crippen molar-refractivity contribution < 1.29 is 4.79 Å². The van der Waals surface area contributed by atoms with Crippen LogP contribution >= 0.6 is 0 Å². The number of aromatic nitrogens is 1. The summed E-state index contributed by atoms with van der Waals surface area (Å²) in [7, 11) is 0. The highest BCUT2D eigenvalue weighted by molar-refractivity contribution is 5.97. The van der Waals surface area contributed by atoms with Gasteiger partial charge in [0.25, 0.3) is 5.91 Å². The number of nitrogens with two attached hydrogens (primary N) is 1. The van der Waals surface area contributed by atoms with E-state index in [2.05, 4.69) is 51.6 Å². The quantitative estimate of drug-likeness (QED) is 0.649. The maximum atomic E-state index is 12.1. The standard InChI is InChI=1S/C27H28N4O/c28-26-25(18-6-9-24-19(12-18)10-11-29-27(24)32)13-22(14-30-26)17-4-7-23(8-5-17)31-15-20-2-1-3-21(20)16-31/h4-9,12-14,20-21H,1-3,10-11,15-16H2,(H2,28,30)(H,29,32)/t20-,21+. The van der Waals surface area contributed by atoms with Gasteiger partial charge in [-0.05, 0) is 72.1 Å². The Morgan fingerprint density at radius 1 is 0.906 bits per heavy atom. The topological polar surface area (TPSA) is 71.2 Å². The first kappa shape index (κ1) is 19.4. The molecule has 1 aromatic heterocycles. The van der Waals surface area contributed by atoms with Gasteiger partial charge in [-0.1, -0.05) is 30.7 Å². The molecule has 5 heteroatoms. The van der Waals surface area contributed by atoms with Crippen molar-refractivity contribution in [1.82, 2.24) is 10.3 Å². The van der Waals surface area contributed by atoms with Crippen LogP contribution in [0.1, 0.15) is 35.2 Å². The summed E-state index contributed by atoms with van der Waals surface area (Å²) in [6.07, 6.45) is 6.88. The number of nitrogens with one attached hydrogen (secondary N) is 1. The predicted molar refractivity (Wildman–Crippen MR) is 129 cm³/mol. The summed E-state index contributed by atoms with van der Waals surface area (Å²) >= 11 is 0. The summed E-state index contributed by atoms with van der Waals surface area (Å²) < 4.78 is 0. The van der Waals surface area contributed by atoms with Crippen LogP contribution in [0.4, 0.5) is 11.5 Å². The molecule has 2 fully saturated rings. The monoisotopic (exact) mass is 424 g/mol. The lowest BCUT2D eigenvalue weighted by atomic mass is 9.94. The Kier molecular flexibility index (Phi) is 4.63. The van der Waals surface area contributed by atoms with E-state index in [0.717, 1.165) is 51.6 Å². The van der Waals surface area contributed by atoms with Gasteiger partial charge in [0.05, 0.1) is 0 Å². The van der Waals surface area contributed by atoms with Crippen molar-refractivity contribution in [2.75, 3.05) is 30.3 Å². The number of fused-ring (bicyclic) bond motifs is 2. The minimum Gasteiger partial charge on any atom is -0.383 e. The molecule has 1 saturated heterocycles. The number of hydrogen-bond acceptors (Lipinski definition) is 4. The molecule has 3 N–H and O–H groups in total. The molecule has 2 atom stereocenters. The summed E-state index contributed by atoms with van der Waals surface area (Å²) in [5.41, 5.74) is 13.5. The van der Waals surface area contributed by atoms with Crippen molar-refractivity contribution in [2.45, 2.75) is 25.7 Å². The molecule has 1 amide bonds. The van der Waals surface area contributed by atoms with Gasteiger partial charge in [0, 0.05) is 48.2 Å². The van der Waals surface area contributed by atoms with Crippen LogP contribution in [0.3, 0.4) is 0 Å². The van der Waals surface area contributed by atoms with E-state index in [9.17, 15) is 4.79 Å². The average Bonchev–Trinajstić information content (AvgIpc) is 3.42. The van der Waals surface area contributed by atoms with E-state index < -0.39 is 0 Å². The van der Waals surface area contributed by atoms with E-state index in [1.54, 1.807) is 0 Å². The molecular weight excluding hydrogens is 396 g/mol. The lowest BCUT2D eigenvalue weighted by molar-refractivity contribution is 0.0946. The van der Waals surface area contributed by atoms with E-state index in [1.807, 2.05) is 18.3 Å². The van der Waals surface area contributed by atoms with E-state index in [-0.39, 0.29) is 5.91 Å². The Morgan fingerprint density at radius 2 is 1.66 bits per heavy atom. The fourth-order valence-corrected chi connectivity index (χ4v) is 5.77. The third-order valence-electron chi connectivity index (χ3n) is 7.55. The number of carbonyl (C=O) groups excluding carboxylic acids is 1. The second-order valence-electron chi connectivity index (χ2n) is 9.44. The van der Waals surface area contributed by atoms with Gasteiger partial charge in [0.15, 0.2) is 0 Å². The molecule has 1 aliphatic carbocycles. The van der Waals surface area contributed by atoms with Crippen LogP contribution in [0.25, 0.3) is 22.3 Å². The van der Waals surface area contributed by atoms with Crippen molar-refractivity contribution in [1.29, 1.82) is 0 Å². The lowest BCUT2D eigenvalue weighted by Gasteiger charge is -2.20. The Morgan fingerprint density at radius 3 is 2.44 bits per heavy atom. The molecule has 0 radical (unpaired) electrons. The van der Waals surface area contributed by atoms with Gasteiger partial charge >= 0.3 is 0 Å². The molecule has 3 heterocycles. The Labute approximate surface area is 188 Å². The average molecular weight is 425 g/mol. The summed E-state index contributed by atoms with van der Waals surface area (Å²) in [5, 5.41) is 2.90. The highest BCUT2D eigenvalue weighted by Crippen LogP contribution is 2.40. The zero-order chi connectivity index (χ0) is 21.7. The minimum atomic E-state index is -0.000584. The van der Waals surface area contributed by atoms with E-state index in [0.29, 0.717) is 12.4 Å². The van der Waals surface area contributed by atoms with E-state index >= 15 is 0 Å². The molecule has 32 heavy (non-hydrogen) atoms. The second kappa shape index (κ2) is 7.66. The molecule has 3 aromatic rings.